The number of nitrogens with zero attached hydrogens (tertiary/aromatic N) is 5. The first kappa shape index (κ1) is 21.6. The molecule has 0 spiro atoms. The number of thioether (sulfide) groups is 1. The van der Waals surface area contributed by atoms with E-state index in [0.29, 0.717) is 11.8 Å². The van der Waals surface area contributed by atoms with Gasteiger partial charge in [-0.3, -0.25) is 0 Å². The molecule has 1 aliphatic rings. The highest BCUT2D eigenvalue weighted by molar-refractivity contribution is 8.00. The van der Waals surface area contributed by atoms with Gasteiger partial charge in [-0.15, -0.1) is 24.2 Å². The van der Waals surface area contributed by atoms with Crippen LogP contribution in [0.5, 0.6) is 0 Å². The molecule has 4 rings (SSSR count). The van der Waals surface area contributed by atoms with Gasteiger partial charge in [0.25, 0.3) is 0 Å². The first-order chi connectivity index (χ1) is 13.4. The topological polar surface area (TPSA) is 71.2 Å². The average Bonchev–Trinajstić information content (AvgIpc) is 2.68. The van der Waals surface area contributed by atoms with Gasteiger partial charge in [0.15, 0.2) is 5.82 Å². The fourth-order valence-electron chi connectivity index (χ4n) is 3.37. The average molecular weight is 431 g/mol. The Hall–Kier alpha value is -2.09. The van der Waals surface area contributed by atoms with Crippen LogP contribution < -0.4 is 10.6 Å². The molecule has 6 nitrogen and oxygen atoms in total. The third-order valence-corrected chi connectivity index (χ3v) is 6.24. The summed E-state index contributed by atoms with van der Waals surface area (Å²) >= 11 is 1.74. The van der Waals surface area contributed by atoms with E-state index in [4.69, 9.17) is 10.7 Å². The van der Waals surface area contributed by atoms with Gasteiger partial charge in [-0.1, -0.05) is 30.3 Å². The first-order valence-electron chi connectivity index (χ1n) is 9.54. The molecular weight excluding hydrogens is 404 g/mol. The van der Waals surface area contributed by atoms with Crippen LogP contribution in [-0.4, -0.2) is 53.1 Å². The van der Waals surface area contributed by atoms with Crippen molar-refractivity contribution in [1.29, 1.82) is 0 Å². The third-order valence-electron chi connectivity index (χ3n) is 5.06. The Morgan fingerprint density at radius 3 is 2.34 bits per heavy atom. The van der Waals surface area contributed by atoms with E-state index in [9.17, 15) is 0 Å². The van der Waals surface area contributed by atoms with Crippen molar-refractivity contribution in [3.8, 4) is 0 Å². The minimum Gasteiger partial charge on any atom is -0.368 e. The molecule has 8 heteroatoms. The van der Waals surface area contributed by atoms with Gasteiger partial charge >= 0.3 is 0 Å². The maximum Gasteiger partial charge on any atom is 0.230 e. The van der Waals surface area contributed by atoms with Crippen LogP contribution in [0.3, 0.4) is 0 Å². The molecule has 0 amide bonds. The Bertz CT molecular complexity index is 988. The minimum absolute atomic E-state index is 0. The molecule has 0 aliphatic carbocycles. The van der Waals surface area contributed by atoms with E-state index in [1.807, 2.05) is 0 Å². The van der Waals surface area contributed by atoms with Crippen LogP contribution in [0.2, 0.25) is 0 Å². The smallest absolute Gasteiger partial charge is 0.230 e. The van der Waals surface area contributed by atoms with Crippen molar-refractivity contribution in [2.24, 2.45) is 0 Å². The van der Waals surface area contributed by atoms with E-state index in [1.165, 1.54) is 15.7 Å². The zero-order chi connectivity index (χ0) is 19.7. The molecule has 1 aromatic heterocycles. The normalized spacial score (nSPS) is 15.3. The molecule has 3 aromatic rings. The van der Waals surface area contributed by atoms with E-state index in [0.717, 1.165) is 26.2 Å². The number of fused-ring (bicyclic) bond motifs is 1. The predicted octanol–water partition coefficient (Wildman–Crippen LogP) is 3.81. The Labute approximate surface area is 182 Å². The molecule has 2 aromatic carbocycles. The van der Waals surface area contributed by atoms with Gasteiger partial charge in [-0.05, 0) is 43.8 Å². The summed E-state index contributed by atoms with van der Waals surface area (Å²) in [6.45, 7) is 8.06. The zero-order valence-electron chi connectivity index (χ0n) is 17.0. The summed E-state index contributed by atoms with van der Waals surface area (Å²) in [7, 11) is 2.13. The molecule has 2 heterocycles. The Balaban J connectivity index is 0.00000240. The number of halogens is 1. The van der Waals surface area contributed by atoms with E-state index >= 15 is 0 Å². The van der Waals surface area contributed by atoms with Gasteiger partial charge in [-0.2, -0.15) is 15.0 Å². The van der Waals surface area contributed by atoms with Crippen LogP contribution in [0.15, 0.2) is 47.4 Å². The van der Waals surface area contributed by atoms with E-state index in [-0.39, 0.29) is 23.1 Å². The maximum absolute atomic E-state index is 6.05. The van der Waals surface area contributed by atoms with Crippen LogP contribution in [0.25, 0.3) is 10.8 Å². The van der Waals surface area contributed by atoms with E-state index < -0.39 is 0 Å². The van der Waals surface area contributed by atoms with Crippen LogP contribution >= 0.6 is 24.2 Å². The largest absolute Gasteiger partial charge is 0.368 e. The second-order valence-corrected chi connectivity index (χ2v) is 9.43. The van der Waals surface area contributed by atoms with Gasteiger partial charge in [0, 0.05) is 31.1 Å². The lowest BCUT2D eigenvalue weighted by Crippen LogP contribution is -2.45. The number of hydrogen-bond donors (Lipinski definition) is 1. The molecule has 1 saturated heterocycles. The lowest BCUT2D eigenvalue weighted by Gasteiger charge is -2.33. The molecule has 1 fully saturated rings. The number of benzene rings is 2. The van der Waals surface area contributed by atoms with Gasteiger partial charge in [-0.25, -0.2) is 0 Å². The van der Waals surface area contributed by atoms with E-state index in [1.54, 1.807) is 11.8 Å². The molecule has 0 bridgehead atoms. The first-order valence-corrected chi connectivity index (χ1v) is 10.4. The molecule has 0 atom stereocenters. The number of hydrogen-bond acceptors (Lipinski definition) is 7. The monoisotopic (exact) mass is 430 g/mol. The molecular formula is C21H27ClN6S. The van der Waals surface area contributed by atoms with Crippen molar-refractivity contribution in [3.05, 3.63) is 48.3 Å². The highest BCUT2D eigenvalue weighted by Crippen LogP contribution is 2.40. The lowest BCUT2D eigenvalue weighted by atomic mass is 10.1. The van der Waals surface area contributed by atoms with Crippen molar-refractivity contribution >= 4 is 46.8 Å². The summed E-state index contributed by atoms with van der Waals surface area (Å²) in [5, 5.41) is 2.48. The molecule has 0 unspecified atom stereocenters. The number of rotatable bonds is 4. The van der Waals surface area contributed by atoms with E-state index in [2.05, 4.69) is 83.1 Å². The molecule has 154 valence electrons. The maximum atomic E-state index is 6.05. The molecule has 0 saturated carbocycles. The van der Waals surface area contributed by atoms with Gasteiger partial charge in [0.2, 0.25) is 11.9 Å². The van der Waals surface area contributed by atoms with Crippen molar-refractivity contribution in [1.82, 2.24) is 19.9 Å². The second kappa shape index (κ2) is 8.73. The molecule has 29 heavy (non-hydrogen) atoms. The number of aromatic nitrogens is 3. The summed E-state index contributed by atoms with van der Waals surface area (Å²) in [5.41, 5.74) is 6.05. The van der Waals surface area contributed by atoms with Gasteiger partial charge in [0.1, 0.15) is 0 Å². The summed E-state index contributed by atoms with van der Waals surface area (Å²) in [6, 6.07) is 14.9. The zero-order valence-corrected chi connectivity index (χ0v) is 18.6. The van der Waals surface area contributed by atoms with Crippen molar-refractivity contribution < 1.29 is 0 Å². The Kier molecular flexibility index (Phi) is 6.51. The Morgan fingerprint density at radius 2 is 1.62 bits per heavy atom. The highest BCUT2D eigenvalue weighted by Gasteiger charge is 2.28. The number of piperazine rings is 1. The number of nitrogens with two attached hydrogens (primary N) is 1. The van der Waals surface area contributed by atoms with Crippen LogP contribution in [0.4, 0.5) is 11.9 Å². The minimum atomic E-state index is -0.332. The fourth-order valence-corrected chi connectivity index (χ4v) is 4.46. The molecule has 0 radical (unpaired) electrons. The number of anilines is 2. The summed E-state index contributed by atoms with van der Waals surface area (Å²) in [5.74, 6) is 1.68. The molecule has 2 N–H and O–H groups in total. The van der Waals surface area contributed by atoms with Gasteiger partial charge in [0.05, 0.1) is 4.75 Å². The molecule has 1 aliphatic heterocycles. The lowest BCUT2D eigenvalue weighted by molar-refractivity contribution is 0.311. The standard InChI is InChI=1S/C21H26N6S.ClH/c1-21(2,28-17-9-8-15-6-4-5-7-16(15)14-17)18-23-19(22)25-20(24-18)27-12-10-26(3)11-13-27;/h4-9,14H,10-13H2,1-3H3,(H2,22,23,24,25);1H. The van der Waals surface area contributed by atoms with Crippen LogP contribution in [0.1, 0.15) is 19.7 Å². The van der Waals surface area contributed by atoms with Crippen LogP contribution in [0, 0.1) is 0 Å². The van der Waals surface area contributed by atoms with Crippen molar-refractivity contribution in [3.63, 3.8) is 0 Å². The predicted molar refractivity (Wildman–Crippen MR) is 124 cm³/mol. The van der Waals surface area contributed by atoms with Gasteiger partial charge < -0.3 is 15.5 Å². The third kappa shape index (κ3) is 4.91. The number of likely N-dealkylation sites (N-methyl/N-ethyl adjacent to an activating group) is 1. The Morgan fingerprint density at radius 1 is 0.931 bits per heavy atom. The summed E-state index contributed by atoms with van der Waals surface area (Å²) in [6.07, 6.45) is 0. The van der Waals surface area contributed by atoms with Crippen molar-refractivity contribution in [2.45, 2.75) is 23.5 Å². The van der Waals surface area contributed by atoms with Crippen LogP contribution in [-0.2, 0) is 4.75 Å². The second-order valence-electron chi connectivity index (χ2n) is 7.73. The quantitative estimate of drug-likeness (QED) is 0.631. The number of nitrogen functional groups attached to an aromatic ring is 1. The summed E-state index contributed by atoms with van der Waals surface area (Å²) in [4.78, 5) is 19.3. The summed E-state index contributed by atoms with van der Waals surface area (Å²) < 4.78 is -0.332. The SMILES string of the molecule is CN1CCN(c2nc(N)nc(C(C)(C)Sc3ccc4ccccc4c3)n2)CC1.Cl. The van der Waals surface area contributed by atoms with Crippen molar-refractivity contribution in [2.75, 3.05) is 43.9 Å². The highest BCUT2D eigenvalue weighted by atomic mass is 35.5. The fraction of sp³-hybridized carbons (Fsp3) is 0.381.